The predicted molar refractivity (Wildman–Crippen MR) is 68.1 cm³/mol. The fourth-order valence-electron chi connectivity index (χ4n) is 1.10. The zero-order valence-corrected chi connectivity index (χ0v) is 11.1. The zero-order chi connectivity index (χ0) is 13.5. The number of benzene rings is 1. The molecule has 0 saturated carbocycles. The molecule has 0 aromatic heterocycles. The molecule has 0 fully saturated rings. The van der Waals surface area contributed by atoms with Gasteiger partial charge in [-0.05, 0) is 41.1 Å². The van der Waals surface area contributed by atoms with Gasteiger partial charge in [-0.1, -0.05) is 0 Å². The van der Waals surface area contributed by atoms with Gasteiger partial charge in [0.25, 0.3) is 0 Å². The summed E-state index contributed by atoms with van der Waals surface area (Å²) in [6.07, 6.45) is 1.22. The van der Waals surface area contributed by atoms with Gasteiger partial charge in [-0.25, -0.2) is 9.18 Å². The van der Waals surface area contributed by atoms with Crippen LogP contribution in [0.5, 0.6) is 0 Å². The van der Waals surface area contributed by atoms with Crippen molar-refractivity contribution in [2.75, 3.05) is 11.9 Å². The highest BCUT2D eigenvalue weighted by molar-refractivity contribution is 9.10. The molecule has 4 nitrogen and oxygen atoms in total. The number of carbonyl (C=O) groups excluding carboxylic acids is 1. The molecule has 1 rings (SSSR count). The topological polar surface area (TPSA) is 62.1 Å². The molecular weight excluding hydrogens is 303 g/mol. The van der Waals surface area contributed by atoms with Gasteiger partial charge < -0.3 is 10.1 Å². The van der Waals surface area contributed by atoms with Crippen molar-refractivity contribution >= 4 is 27.6 Å². The fourth-order valence-corrected chi connectivity index (χ4v) is 1.57. The van der Waals surface area contributed by atoms with Crippen LogP contribution in [0.25, 0.3) is 0 Å². The van der Waals surface area contributed by atoms with Crippen molar-refractivity contribution in [2.45, 2.75) is 6.92 Å². The van der Waals surface area contributed by atoms with Crippen LogP contribution >= 0.6 is 15.9 Å². The molecule has 1 aromatic carbocycles. The van der Waals surface area contributed by atoms with E-state index in [0.29, 0.717) is 10.2 Å². The third kappa shape index (κ3) is 3.86. The zero-order valence-electron chi connectivity index (χ0n) is 9.54. The first-order valence-corrected chi connectivity index (χ1v) is 5.86. The Morgan fingerprint density at radius 3 is 2.94 bits per heavy atom. The molecule has 0 atom stereocenters. The average molecular weight is 313 g/mol. The minimum absolute atomic E-state index is 0.159. The third-order valence-corrected chi connectivity index (χ3v) is 2.58. The van der Waals surface area contributed by atoms with E-state index in [-0.39, 0.29) is 18.0 Å². The van der Waals surface area contributed by atoms with Crippen molar-refractivity contribution in [3.63, 3.8) is 0 Å². The lowest BCUT2D eigenvalue weighted by atomic mass is 10.3. The Bertz CT molecular complexity index is 523. The smallest absolute Gasteiger partial charge is 0.350 e. The van der Waals surface area contributed by atoms with E-state index < -0.39 is 5.97 Å². The number of halogens is 2. The number of nitriles is 1. The van der Waals surface area contributed by atoms with Crippen LogP contribution < -0.4 is 5.32 Å². The molecule has 1 N–H and O–H groups in total. The van der Waals surface area contributed by atoms with Gasteiger partial charge in [-0.2, -0.15) is 5.26 Å². The standard InChI is InChI=1S/C12H10BrFN2O2/c1-2-18-12(17)8(6-15)7-16-11-4-3-9(14)5-10(11)13/h3-5,7,16H,2H2,1H3. The van der Waals surface area contributed by atoms with Gasteiger partial charge in [0.1, 0.15) is 11.9 Å². The second-order valence-corrected chi connectivity index (χ2v) is 4.01. The summed E-state index contributed by atoms with van der Waals surface area (Å²) in [7, 11) is 0. The van der Waals surface area contributed by atoms with Gasteiger partial charge in [0.05, 0.1) is 12.3 Å². The number of nitrogens with zero attached hydrogens (tertiary/aromatic N) is 1. The summed E-state index contributed by atoms with van der Waals surface area (Å²) in [5, 5.41) is 11.5. The lowest BCUT2D eigenvalue weighted by Gasteiger charge is -2.05. The number of ether oxygens (including phenoxy) is 1. The molecule has 0 amide bonds. The highest BCUT2D eigenvalue weighted by atomic mass is 79.9. The van der Waals surface area contributed by atoms with Crippen molar-refractivity contribution in [3.8, 4) is 6.07 Å². The highest BCUT2D eigenvalue weighted by Gasteiger charge is 2.09. The summed E-state index contributed by atoms with van der Waals surface area (Å²) in [6, 6.07) is 5.74. The van der Waals surface area contributed by atoms with Gasteiger partial charge >= 0.3 is 5.97 Å². The monoisotopic (exact) mass is 312 g/mol. The minimum atomic E-state index is -0.703. The van der Waals surface area contributed by atoms with E-state index in [1.807, 2.05) is 0 Å². The predicted octanol–water partition coefficient (Wildman–Crippen LogP) is 2.97. The summed E-state index contributed by atoms with van der Waals surface area (Å²) < 4.78 is 18.0. The second-order valence-electron chi connectivity index (χ2n) is 3.16. The highest BCUT2D eigenvalue weighted by Crippen LogP contribution is 2.23. The molecule has 0 aliphatic carbocycles. The first-order chi connectivity index (χ1) is 8.58. The number of anilines is 1. The Kier molecular flexibility index (Phi) is 5.33. The first kappa shape index (κ1) is 14.2. The van der Waals surface area contributed by atoms with E-state index in [1.165, 1.54) is 24.4 Å². The van der Waals surface area contributed by atoms with E-state index in [0.717, 1.165) is 0 Å². The quantitative estimate of drug-likeness (QED) is 0.527. The maximum atomic E-state index is 12.8. The number of rotatable bonds is 4. The Balaban J connectivity index is 2.84. The van der Waals surface area contributed by atoms with E-state index in [2.05, 4.69) is 21.2 Å². The molecule has 94 valence electrons. The molecule has 0 aliphatic heterocycles. The molecule has 0 aliphatic rings. The van der Waals surface area contributed by atoms with Crippen LogP contribution in [-0.2, 0) is 9.53 Å². The van der Waals surface area contributed by atoms with Gasteiger partial charge in [0.15, 0.2) is 5.57 Å². The van der Waals surface area contributed by atoms with Crippen LogP contribution in [0, 0.1) is 17.1 Å². The molecule has 6 heteroatoms. The van der Waals surface area contributed by atoms with Crippen molar-refractivity contribution in [1.29, 1.82) is 5.26 Å². The van der Waals surface area contributed by atoms with Gasteiger partial charge in [0, 0.05) is 10.7 Å². The normalized spacial score (nSPS) is 10.7. The Morgan fingerprint density at radius 1 is 1.67 bits per heavy atom. The number of hydrogen-bond acceptors (Lipinski definition) is 4. The van der Waals surface area contributed by atoms with Gasteiger partial charge in [-0.3, -0.25) is 0 Å². The van der Waals surface area contributed by atoms with Crippen LogP contribution in [0.4, 0.5) is 10.1 Å². The number of carbonyl (C=O) groups is 1. The van der Waals surface area contributed by atoms with Crippen molar-refractivity contribution in [2.24, 2.45) is 0 Å². The van der Waals surface area contributed by atoms with Gasteiger partial charge in [-0.15, -0.1) is 0 Å². The molecule has 0 bridgehead atoms. The lowest BCUT2D eigenvalue weighted by molar-refractivity contribution is -0.138. The molecule has 0 unspecified atom stereocenters. The molecule has 0 heterocycles. The van der Waals surface area contributed by atoms with Gasteiger partial charge in [0.2, 0.25) is 0 Å². The average Bonchev–Trinajstić information content (AvgIpc) is 2.32. The maximum absolute atomic E-state index is 12.8. The van der Waals surface area contributed by atoms with Crippen LogP contribution in [-0.4, -0.2) is 12.6 Å². The van der Waals surface area contributed by atoms with Crippen LogP contribution in [0.1, 0.15) is 6.92 Å². The lowest BCUT2D eigenvalue weighted by Crippen LogP contribution is -2.08. The summed E-state index contributed by atoms with van der Waals surface area (Å²) in [6.45, 7) is 1.84. The number of hydrogen-bond donors (Lipinski definition) is 1. The largest absolute Gasteiger partial charge is 0.462 e. The Hall–Kier alpha value is -1.87. The molecule has 0 saturated heterocycles. The Morgan fingerprint density at radius 2 is 2.39 bits per heavy atom. The van der Waals surface area contributed by atoms with Crippen LogP contribution in [0.3, 0.4) is 0 Å². The summed E-state index contributed by atoms with van der Waals surface area (Å²) >= 11 is 3.16. The van der Waals surface area contributed by atoms with E-state index in [9.17, 15) is 9.18 Å². The maximum Gasteiger partial charge on any atom is 0.350 e. The summed E-state index contributed by atoms with van der Waals surface area (Å²) in [4.78, 5) is 11.3. The van der Waals surface area contributed by atoms with Crippen molar-refractivity contribution < 1.29 is 13.9 Å². The van der Waals surface area contributed by atoms with E-state index >= 15 is 0 Å². The minimum Gasteiger partial charge on any atom is -0.462 e. The fraction of sp³-hybridized carbons (Fsp3) is 0.167. The SMILES string of the molecule is CCOC(=O)C(C#N)=CNc1ccc(F)cc1Br. The van der Waals surface area contributed by atoms with Crippen LogP contribution in [0.15, 0.2) is 34.4 Å². The molecular formula is C12H10BrFN2O2. The van der Waals surface area contributed by atoms with E-state index in [1.54, 1.807) is 13.0 Å². The van der Waals surface area contributed by atoms with Crippen LogP contribution in [0.2, 0.25) is 0 Å². The first-order valence-electron chi connectivity index (χ1n) is 5.07. The number of esters is 1. The molecule has 18 heavy (non-hydrogen) atoms. The third-order valence-electron chi connectivity index (χ3n) is 1.92. The van der Waals surface area contributed by atoms with Crippen molar-refractivity contribution in [3.05, 3.63) is 40.3 Å². The summed E-state index contributed by atoms with van der Waals surface area (Å²) in [5.41, 5.74) is 0.376. The van der Waals surface area contributed by atoms with E-state index in [4.69, 9.17) is 10.00 Å². The number of nitrogens with one attached hydrogen (secondary N) is 1. The van der Waals surface area contributed by atoms with Crippen molar-refractivity contribution in [1.82, 2.24) is 0 Å². The molecule has 1 aromatic rings. The molecule has 0 radical (unpaired) electrons. The summed E-state index contributed by atoms with van der Waals surface area (Å²) in [5.74, 6) is -1.09. The second kappa shape index (κ2) is 6.77. The molecule has 0 spiro atoms. The Labute approximate surface area is 112 Å².